The van der Waals surface area contributed by atoms with Crippen LogP contribution in [-0.4, -0.2) is 27.0 Å². The molecular weight excluding hydrogens is 673 g/mol. The van der Waals surface area contributed by atoms with E-state index in [1.807, 2.05) is 0 Å². The molecule has 0 aliphatic heterocycles. The van der Waals surface area contributed by atoms with Crippen molar-refractivity contribution in [3.63, 3.8) is 0 Å². The van der Waals surface area contributed by atoms with Crippen LogP contribution in [0.25, 0.3) is 0 Å². The zero-order valence-corrected chi connectivity index (χ0v) is 24.6. The smallest absolute Gasteiger partial charge is 0.353 e. The second kappa shape index (κ2) is 12.1. The molecule has 1 N–H and O–H groups in total. The van der Waals surface area contributed by atoms with Gasteiger partial charge >= 0.3 is 6.18 Å². The highest BCUT2D eigenvalue weighted by atomic mass is 35.5. The van der Waals surface area contributed by atoms with Crippen molar-refractivity contribution in [1.82, 2.24) is 5.16 Å². The predicted octanol–water partition coefficient (Wildman–Crippen LogP) is 8.14. The van der Waals surface area contributed by atoms with Gasteiger partial charge in [0.15, 0.2) is 5.78 Å². The molecular formula is C30H17Cl3F6N2O4. The largest absolute Gasteiger partial charge is 0.419 e. The standard InChI is InChI=1S/C30H17Cl3F6N2O4/c31-19-4-3-15(41-28(44)26-25(29(26,32)33)13-1-6-21(35)18(9-13)30(37,38)39)11-16(19)22(42)10-14-2-5-20(34)17(27(14)36)12-23(43)24-7-8-40-45-24/h1-9,11,25-26H,10,12H2,(H,41,44)/t25-,26+/m0/s1. The Labute approximate surface area is 265 Å². The van der Waals surface area contributed by atoms with Crippen molar-refractivity contribution in [2.75, 3.05) is 5.32 Å². The van der Waals surface area contributed by atoms with E-state index < -0.39 is 81.2 Å². The lowest BCUT2D eigenvalue weighted by molar-refractivity contribution is -0.140. The van der Waals surface area contributed by atoms with Gasteiger partial charge in [0.05, 0.1) is 22.7 Å². The van der Waals surface area contributed by atoms with Crippen LogP contribution in [0.15, 0.2) is 65.3 Å². The number of hydrogen-bond acceptors (Lipinski definition) is 5. The van der Waals surface area contributed by atoms with Crippen LogP contribution in [0, 0.1) is 23.4 Å². The number of benzene rings is 3. The number of nitrogens with zero attached hydrogens (tertiary/aromatic N) is 1. The number of hydrogen-bond donors (Lipinski definition) is 1. The highest BCUT2D eigenvalue weighted by Crippen LogP contribution is 2.65. The van der Waals surface area contributed by atoms with Crippen molar-refractivity contribution in [2.45, 2.75) is 29.3 Å². The maximum atomic E-state index is 15.2. The second-order valence-electron chi connectivity index (χ2n) is 10.1. The molecule has 234 valence electrons. The molecule has 1 aromatic heterocycles. The molecule has 1 saturated carbocycles. The first kappa shape index (κ1) is 32.5. The molecule has 0 bridgehead atoms. The SMILES string of the molecule is O=C(Cc1c(F)ccc(CC(=O)c2cc(NC(=O)[C@H]3[C@H](c4ccc(F)c(C(F)(F)F)c4)C3(Cl)Cl)ccc2Cl)c1F)c1ccno1. The first-order valence-electron chi connectivity index (χ1n) is 12.9. The Kier molecular flexibility index (Phi) is 8.78. The normalized spacial score (nSPS) is 17.2. The van der Waals surface area contributed by atoms with Crippen LogP contribution in [0.3, 0.4) is 0 Å². The third kappa shape index (κ3) is 6.58. The van der Waals surface area contributed by atoms with Crippen LogP contribution in [-0.2, 0) is 23.8 Å². The van der Waals surface area contributed by atoms with E-state index in [1.165, 1.54) is 30.5 Å². The quantitative estimate of drug-likeness (QED) is 0.109. The molecule has 2 atom stereocenters. The number of alkyl halides is 5. The minimum Gasteiger partial charge on any atom is -0.353 e. The number of nitrogens with one attached hydrogen (secondary N) is 1. The number of carbonyl (C=O) groups excluding carboxylic acids is 3. The summed E-state index contributed by atoms with van der Waals surface area (Å²) in [5.74, 6) is -8.47. The van der Waals surface area contributed by atoms with E-state index in [-0.39, 0.29) is 33.2 Å². The summed E-state index contributed by atoms with van der Waals surface area (Å²) in [6.45, 7) is 0. The van der Waals surface area contributed by atoms with Gasteiger partial charge in [-0.1, -0.05) is 28.9 Å². The Balaban J connectivity index is 1.32. The zero-order valence-electron chi connectivity index (χ0n) is 22.3. The summed E-state index contributed by atoms with van der Waals surface area (Å²) in [4.78, 5) is 38.5. The van der Waals surface area contributed by atoms with Crippen LogP contribution in [0.5, 0.6) is 0 Å². The van der Waals surface area contributed by atoms with Gasteiger partial charge in [0.25, 0.3) is 0 Å². The topological polar surface area (TPSA) is 89.3 Å². The molecule has 5 rings (SSSR count). The number of amides is 1. The Bertz CT molecular complexity index is 1830. The summed E-state index contributed by atoms with van der Waals surface area (Å²) in [6, 6.07) is 9.13. The van der Waals surface area contributed by atoms with Crippen LogP contribution >= 0.6 is 34.8 Å². The molecule has 15 heteroatoms. The fourth-order valence-corrected chi connectivity index (χ4v) is 5.93. The number of anilines is 1. The van der Waals surface area contributed by atoms with Crippen molar-refractivity contribution in [3.8, 4) is 0 Å². The third-order valence-corrected chi connectivity index (χ3v) is 8.46. The van der Waals surface area contributed by atoms with Crippen LogP contribution in [0.4, 0.5) is 32.0 Å². The third-order valence-electron chi connectivity index (χ3n) is 7.19. The fraction of sp³-hybridized carbons (Fsp3) is 0.200. The van der Waals surface area contributed by atoms with Gasteiger partial charge in [-0.25, -0.2) is 13.2 Å². The second-order valence-corrected chi connectivity index (χ2v) is 12.0. The molecule has 1 heterocycles. The summed E-state index contributed by atoms with van der Waals surface area (Å²) < 4.78 is 85.9. The van der Waals surface area contributed by atoms with E-state index >= 15 is 4.39 Å². The molecule has 6 nitrogen and oxygen atoms in total. The summed E-state index contributed by atoms with van der Waals surface area (Å²) in [5.41, 5.74) is -2.59. The molecule has 1 fully saturated rings. The van der Waals surface area contributed by atoms with Crippen LogP contribution in [0.1, 0.15) is 49.1 Å². The summed E-state index contributed by atoms with van der Waals surface area (Å²) in [6.07, 6.45) is -5.10. The molecule has 1 aliphatic rings. The van der Waals surface area contributed by atoms with Crippen molar-refractivity contribution in [3.05, 3.63) is 117 Å². The minimum atomic E-state index is -4.99. The van der Waals surface area contributed by atoms with Crippen molar-refractivity contribution >= 4 is 58.0 Å². The number of aromatic nitrogens is 1. The molecule has 1 amide bonds. The van der Waals surface area contributed by atoms with Gasteiger partial charge < -0.3 is 9.84 Å². The van der Waals surface area contributed by atoms with Crippen molar-refractivity contribution in [1.29, 1.82) is 0 Å². The van der Waals surface area contributed by atoms with Crippen LogP contribution < -0.4 is 5.32 Å². The Morgan fingerprint density at radius 1 is 0.911 bits per heavy atom. The molecule has 45 heavy (non-hydrogen) atoms. The Hall–Kier alpha value is -3.87. The maximum absolute atomic E-state index is 15.2. The average molecular weight is 690 g/mol. The lowest BCUT2D eigenvalue weighted by Gasteiger charge is -2.11. The summed E-state index contributed by atoms with van der Waals surface area (Å²) in [5, 5.41) is 5.78. The van der Waals surface area contributed by atoms with E-state index in [0.717, 1.165) is 18.2 Å². The van der Waals surface area contributed by atoms with E-state index in [1.54, 1.807) is 0 Å². The number of halogens is 9. The minimum absolute atomic E-state index is 0.0236. The molecule has 0 unspecified atom stereocenters. The maximum Gasteiger partial charge on any atom is 0.419 e. The van der Waals surface area contributed by atoms with Gasteiger partial charge in [-0.15, -0.1) is 23.2 Å². The van der Waals surface area contributed by atoms with E-state index in [4.69, 9.17) is 39.3 Å². The van der Waals surface area contributed by atoms with Gasteiger partial charge in [-0.05, 0) is 47.5 Å². The summed E-state index contributed by atoms with van der Waals surface area (Å²) >= 11 is 18.7. The van der Waals surface area contributed by atoms with E-state index in [2.05, 4.69) is 10.5 Å². The summed E-state index contributed by atoms with van der Waals surface area (Å²) in [7, 11) is 0. The van der Waals surface area contributed by atoms with Gasteiger partial charge in [-0.3, -0.25) is 14.4 Å². The van der Waals surface area contributed by atoms with Gasteiger partial charge in [0, 0.05) is 41.6 Å². The average Bonchev–Trinajstić information content (AvgIpc) is 3.27. The Morgan fingerprint density at radius 3 is 2.29 bits per heavy atom. The molecule has 0 spiro atoms. The fourth-order valence-electron chi connectivity index (χ4n) is 4.88. The first-order valence-corrected chi connectivity index (χ1v) is 14.0. The highest BCUT2D eigenvalue weighted by molar-refractivity contribution is 6.53. The zero-order chi connectivity index (χ0) is 32.8. The van der Waals surface area contributed by atoms with E-state index in [0.29, 0.717) is 12.1 Å². The molecule has 0 saturated heterocycles. The van der Waals surface area contributed by atoms with Gasteiger partial charge in [-0.2, -0.15) is 13.2 Å². The van der Waals surface area contributed by atoms with Crippen molar-refractivity contribution in [2.24, 2.45) is 5.92 Å². The lowest BCUT2D eigenvalue weighted by Crippen LogP contribution is -2.17. The molecule has 3 aromatic carbocycles. The number of Topliss-reactive ketones (excluding diaryl/α,β-unsaturated/α-hetero) is 2. The first-order chi connectivity index (χ1) is 21.1. The molecule has 0 radical (unpaired) electrons. The predicted molar refractivity (Wildman–Crippen MR) is 151 cm³/mol. The molecule has 4 aromatic rings. The van der Waals surface area contributed by atoms with E-state index in [9.17, 15) is 36.3 Å². The number of carbonyl (C=O) groups is 3. The number of rotatable bonds is 9. The Morgan fingerprint density at radius 2 is 1.62 bits per heavy atom. The van der Waals surface area contributed by atoms with Crippen molar-refractivity contribution < 1.29 is 45.2 Å². The monoisotopic (exact) mass is 688 g/mol. The lowest BCUT2D eigenvalue weighted by atomic mass is 9.97. The van der Waals surface area contributed by atoms with Gasteiger partial charge in [0.2, 0.25) is 17.5 Å². The molecule has 1 aliphatic carbocycles. The highest BCUT2D eigenvalue weighted by Gasteiger charge is 2.67. The number of ketones is 2. The van der Waals surface area contributed by atoms with Crippen LogP contribution in [0.2, 0.25) is 5.02 Å². The van der Waals surface area contributed by atoms with Gasteiger partial charge in [0.1, 0.15) is 21.8 Å².